The van der Waals surface area contributed by atoms with Gasteiger partial charge in [0.05, 0.1) is 11.4 Å². The van der Waals surface area contributed by atoms with Gasteiger partial charge in [0.25, 0.3) is 0 Å². The third kappa shape index (κ3) is 6.19. The third-order valence-corrected chi connectivity index (χ3v) is 4.20. The van der Waals surface area contributed by atoms with Crippen molar-refractivity contribution in [3.63, 3.8) is 0 Å². The van der Waals surface area contributed by atoms with E-state index < -0.39 is 9.84 Å². The lowest BCUT2D eigenvalue weighted by molar-refractivity contribution is 0.602. The summed E-state index contributed by atoms with van der Waals surface area (Å²) in [6.07, 6.45) is 1.18. The van der Waals surface area contributed by atoms with Crippen LogP contribution < -0.4 is 11.1 Å². The molecule has 7 heteroatoms. The van der Waals surface area contributed by atoms with Gasteiger partial charge < -0.3 is 11.1 Å². The summed E-state index contributed by atoms with van der Waals surface area (Å²) >= 11 is 0. The van der Waals surface area contributed by atoms with Crippen LogP contribution in [0, 0.1) is 6.92 Å². The summed E-state index contributed by atoms with van der Waals surface area (Å²) in [6, 6.07) is 14.4. The van der Waals surface area contributed by atoms with Crippen LogP contribution in [-0.4, -0.2) is 20.6 Å². The Hall–Kier alpha value is -1.61. The van der Waals surface area contributed by atoms with E-state index in [4.69, 9.17) is 5.73 Å². The number of aliphatic imine (C=N–C) groups is 1. The van der Waals surface area contributed by atoms with Crippen molar-refractivity contribution < 1.29 is 8.42 Å². The normalized spacial score (nSPS) is 11.7. The van der Waals surface area contributed by atoms with Crippen molar-refractivity contribution in [2.75, 3.05) is 11.6 Å². The molecule has 3 N–H and O–H groups in total. The number of guanidine groups is 1. The van der Waals surface area contributed by atoms with Gasteiger partial charge >= 0.3 is 0 Å². The van der Waals surface area contributed by atoms with E-state index in [1.54, 1.807) is 24.3 Å². The van der Waals surface area contributed by atoms with Crippen LogP contribution in [0.15, 0.2) is 58.4 Å². The number of sulfone groups is 1. The van der Waals surface area contributed by atoms with Gasteiger partial charge in [-0.3, -0.25) is 0 Å². The zero-order valence-corrected chi connectivity index (χ0v) is 16.1. The maximum absolute atomic E-state index is 11.4. The van der Waals surface area contributed by atoms with E-state index in [1.165, 1.54) is 6.26 Å². The van der Waals surface area contributed by atoms with E-state index in [-0.39, 0.29) is 24.0 Å². The number of nitrogens with two attached hydrogens (primary N) is 1. The fourth-order valence-corrected chi connectivity index (χ4v) is 2.56. The van der Waals surface area contributed by atoms with Crippen LogP contribution in [0.3, 0.4) is 0 Å². The highest BCUT2D eigenvalue weighted by molar-refractivity contribution is 14.0. The molecule has 2 aromatic rings. The van der Waals surface area contributed by atoms with Gasteiger partial charge in [0.2, 0.25) is 0 Å². The number of anilines is 1. The molecule has 0 unspecified atom stereocenters. The first-order valence-electron chi connectivity index (χ1n) is 6.77. The van der Waals surface area contributed by atoms with Crippen molar-refractivity contribution in [1.29, 1.82) is 0 Å². The zero-order valence-electron chi connectivity index (χ0n) is 13.0. The van der Waals surface area contributed by atoms with E-state index in [1.807, 2.05) is 31.2 Å². The molecule has 0 amide bonds. The number of halogens is 1. The number of hydrogen-bond donors (Lipinski definition) is 2. The van der Waals surface area contributed by atoms with Crippen LogP contribution in [0.2, 0.25) is 0 Å². The maximum atomic E-state index is 11.4. The SMILES string of the molecule is Cc1cccc(NC(N)=NCc2ccc(S(C)(=O)=O)cc2)c1.I. The number of hydrogen-bond acceptors (Lipinski definition) is 3. The molecule has 0 saturated heterocycles. The number of aryl methyl sites for hydroxylation is 1. The van der Waals surface area contributed by atoms with Crippen molar-refractivity contribution in [3.05, 3.63) is 59.7 Å². The molecule has 0 heterocycles. The number of benzene rings is 2. The summed E-state index contributed by atoms with van der Waals surface area (Å²) in [4.78, 5) is 4.54. The Labute approximate surface area is 154 Å². The van der Waals surface area contributed by atoms with Crippen LogP contribution in [0.4, 0.5) is 5.69 Å². The van der Waals surface area contributed by atoms with Crippen molar-refractivity contribution >= 4 is 45.5 Å². The Bertz CT molecular complexity index is 787. The molecule has 0 saturated carbocycles. The molecule has 0 aliphatic carbocycles. The quantitative estimate of drug-likeness (QED) is 0.431. The van der Waals surface area contributed by atoms with Gasteiger partial charge in [-0.15, -0.1) is 24.0 Å². The Morgan fingerprint density at radius 2 is 1.83 bits per heavy atom. The molecule has 0 aliphatic rings. The van der Waals surface area contributed by atoms with Gasteiger partial charge in [0.1, 0.15) is 0 Å². The van der Waals surface area contributed by atoms with Gasteiger partial charge in [0, 0.05) is 11.9 Å². The summed E-state index contributed by atoms with van der Waals surface area (Å²) in [6.45, 7) is 2.39. The van der Waals surface area contributed by atoms with Crippen LogP contribution in [-0.2, 0) is 16.4 Å². The first-order chi connectivity index (χ1) is 10.3. The zero-order chi connectivity index (χ0) is 16.2. The summed E-state index contributed by atoms with van der Waals surface area (Å²) in [5.41, 5.74) is 8.75. The molecule has 23 heavy (non-hydrogen) atoms. The van der Waals surface area contributed by atoms with Gasteiger partial charge in [-0.2, -0.15) is 0 Å². The summed E-state index contributed by atoms with van der Waals surface area (Å²) in [7, 11) is -3.17. The Kier molecular flexibility index (Phi) is 7.01. The fourth-order valence-electron chi connectivity index (χ4n) is 1.93. The summed E-state index contributed by atoms with van der Waals surface area (Å²) < 4.78 is 22.8. The molecular formula is C16H20IN3O2S. The highest BCUT2D eigenvalue weighted by Gasteiger charge is 2.05. The first kappa shape index (κ1) is 19.4. The largest absolute Gasteiger partial charge is 0.370 e. The van der Waals surface area contributed by atoms with Gasteiger partial charge in [-0.1, -0.05) is 24.3 Å². The predicted molar refractivity (Wildman–Crippen MR) is 105 cm³/mol. The molecule has 2 aromatic carbocycles. The number of nitrogens with one attached hydrogen (secondary N) is 1. The molecular weight excluding hydrogens is 425 g/mol. The van der Waals surface area contributed by atoms with Crippen LogP contribution in [0.1, 0.15) is 11.1 Å². The lowest BCUT2D eigenvalue weighted by Crippen LogP contribution is -2.22. The highest BCUT2D eigenvalue weighted by Crippen LogP contribution is 2.12. The van der Waals surface area contributed by atoms with E-state index in [0.717, 1.165) is 16.8 Å². The summed E-state index contributed by atoms with van der Waals surface area (Å²) in [5.74, 6) is 0.317. The molecule has 5 nitrogen and oxygen atoms in total. The van der Waals surface area contributed by atoms with Gasteiger partial charge in [0.15, 0.2) is 15.8 Å². The Morgan fingerprint density at radius 3 is 2.39 bits per heavy atom. The van der Waals surface area contributed by atoms with Crippen LogP contribution >= 0.6 is 24.0 Å². The van der Waals surface area contributed by atoms with Gasteiger partial charge in [-0.25, -0.2) is 13.4 Å². The molecule has 2 rings (SSSR count). The molecule has 124 valence electrons. The average molecular weight is 445 g/mol. The number of nitrogens with zero attached hydrogens (tertiary/aromatic N) is 1. The molecule has 0 bridgehead atoms. The number of rotatable bonds is 4. The second-order valence-corrected chi connectivity index (χ2v) is 7.13. The Morgan fingerprint density at radius 1 is 1.17 bits per heavy atom. The second kappa shape index (κ2) is 8.30. The molecule has 0 radical (unpaired) electrons. The smallest absolute Gasteiger partial charge is 0.193 e. The lowest BCUT2D eigenvalue weighted by atomic mass is 10.2. The molecule has 0 spiro atoms. The minimum Gasteiger partial charge on any atom is -0.370 e. The lowest BCUT2D eigenvalue weighted by Gasteiger charge is -2.06. The van der Waals surface area contributed by atoms with Crippen LogP contribution in [0.5, 0.6) is 0 Å². The monoisotopic (exact) mass is 445 g/mol. The molecule has 0 atom stereocenters. The third-order valence-electron chi connectivity index (χ3n) is 3.07. The maximum Gasteiger partial charge on any atom is 0.193 e. The molecule has 0 fully saturated rings. The van der Waals surface area contributed by atoms with Crippen molar-refractivity contribution in [1.82, 2.24) is 0 Å². The van der Waals surface area contributed by atoms with Crippen molar-refractivity contribution in [3.8, 4) is 0 Å². The van der Waals surface area contributed by atoms with Gasteiger partial charge in [-0.05, 0) is 42.3 Å². The standard InChI is InChI=1S/C16H19N3O2S.HI/c1-12-4-3-5-14(10-12)19-16(17)18-11-13-6-8-15(9-7-13)22(2,20)21;/h3-10H,11H2,1-2H3,(H3,17,18,19);1H. The van der Waals surface area contributed by atoms with Crippen LogP contribution in [0.25, 0.3) is 0 Å². The summed E-state index contributed by atoms with van der Waals surface area (Å²) in [5, 5.41) is 3.02. The van der Waals surface area contributed by atoms with E-state index in [9.17, 15) is 8.42 Å². The van der Waals surface area contributed by atoms with Crippen molar-refractivity contribution in [2.45, 2.75) is 18.4 Å². The van der Waals surface area contributed by atoms with Crippen molar-refractivity contribution in [2.24, 2.45) is 10.7 Å². The predicted octanol–water partition coefficient (Wildman–Crippen LogP) is 2.94. The minimum absolute atomic E-state index is 0. The fraction of sp³-hybridized carbons (Fsp3) is 0.188. The molecule has 0 aromatic heterocycles. The highest BCUT2D eigenvalue weighted by atomic mass is 127. The minimum atomic E-state index is -3.17. The van der Waals surface area contributed by atoms with E-state index >= 15 is 0 Å². The van der Waals surface area contributed by atoms with E-state index in [0.29, 0.717) is 17.4 Å². The topological polar surface area (TPSA) is 84.5 Å². The Balaban J connectivity index is 0.00000264. The second-order valence-electron chi connectivity index (χ2n) is 5.11. The molecule has 0 aliphatic heterocycles. The first-order valence-corrected chi connectivity index (χ1v) is 8.66. The van der Waals surface area contributed by atoms with E-state index in [2.05, 4.69) is 10.3 Å². The average Bonchev–Trinajstić information content (AvgIpc) is 2.45.